The number of hydrogen-bond donors (Lipinski definition) is 2. The summed E-state index contributed by atoms with van der Waals surface area (Å²) in [6, 6.07) is 0.827. The van der Waals surface area contributed by atoms with Crippen LogP contribution in [-0.2, 0) is 6.42 Å². The summed E-state index contributed by atoms with van der Waals surface area (Å²) in [4.78, 5) is 4.43. The van der Waals surface area contributed by atoms with Gasteiger partial charge < -0.3 is 10.6 Å². The van der Waals surface area contributed by atoms with Crippen LogP contribution in [-0.4, -0.2) is 30.7 Å². The van der Waals surface area contributed by atoms with Crippen LogP contribution in [0.1, 0.15) is 23.5 Å². The molecular weight excluding hydrogens is 206 g/mol. The van der Waals surface area contributed by atoms with Crippen LogP contribution in [0.5, 0.6) is 0 Å². The zero-order valence-electron chi connectivity index (χ0n) is 9.25. The molecule has 2 rings (SSSR count). The molecule has 1 heterocycles. The van der Waals surface area contributed by atoms with Gasteiger partial charge in [-0.15, -0.1) is 11.3 Å². The minimum Gasteiger partial charge on any atom is -0.315 e. The summed E-state index contributed by atoms with van der Waals surface area (Å²) in [7, 11) is 0. The van der Waals surface area contributed by atoms with Gasteiger partial charge in [-0.1, -0.05) is 0 Å². The van der Waals surface area contributed by atoms with Gasteiger partial charge in [0.1, 0.15) is 0 Å². The Hall–Kier alpha value is -0.450. The molecule has 0 unspecified atom stereocenters. The Balaban J connectivity index is 1.47. The van der Waals surface area contributed by atoms with Crippen molar-refractivity contribution in [3.63, 3.8) is 0 Å². The Bertz CT molecular complexity index is 294. The van der Waals surface area contributed by atoms with Gasteiger partial charge in [-0.05, 0) is 19.8 Å². The van der Waals surface area contributed by atoms with Gasteiger partial charge in [-0.2, -0.15) is 0 Å². The third kappa shape index (κ3) is 4.28. The number of aryl methyl sites for hydroxylation is 1. The fraction of sp³-hybridized carbons (Fsp3) is 0.727. The molecule has 2 N–H and O–H groups in total. The minimum absolute atomic E-state index is 0.827. The molecule has 4 heteroatoms. The number of rotatable bonds is 7. The van der Waals surface area contributed by atoms with Crippen LogP contribution < -0.4 is 10.6 Å². The average Bonchev–Trinajstić information content (AvgIpc) is 2.95. The molecule has 0 saturated heterocycles. The third-order valence-corrected chi connectivity index (χ3v) is 3.52. The number of hydrogen-bond acceptors (Lipinski definition) is 4. The molecule has 0 aromatic carbocycles. The van der Waals surface area contributed by atoms with Gasteiger partial charge in [0.25, 0.3) is 0 Å². The summed E-state index contributed by atoms with van der Waals surface area (Å²) in [5.74, 6) is 0. The lowest BCUT2D eigenvalue weighted by molar-refractivity contribution is 0.608. The Labute approximate surface area is 95.3 Å². The van der Waals surface area contributed by atoms with Crippen molar-refractivity contribution in [3.05, 3.63) is 16.1 Å². The van der Waals surface area contributed by atoms with E-state index in [1.165, 1.54) is 17.8 Å². The highest BCUT2D eigenvalue weighted by Crippen LogP contribution is 2.17. The smallest absolute Gasteiger partial charge is 0.0940 e. The molecule has 1 aromatic rings. The fourth-order valence-electron chi connectivity index (χ4n) is 1.49. The van der Waals surface area contributed by atoms with Gasteiger partial charge in [-0.3, -0.25) is 0 Å². The largest absolute Gasteiger partial charge is 0.315 e. The minimum atomic E-state index is 0.827. The standard InChI is InChI=1S/C11H19N3S/c1-9-8-15-11(14-9)4-5-12-6-7-13-10-2-3-10/h8,10,12-13H,2-7H2,1H3. The van der Waals surface area contributed by atoms with E-state index in [9.17, 15) is 0 Å². The molecule has 0 spiro atoms. The van der Waals surface area contributed by atoms with E-state index in [0.29, 0.717) is 0 Å². The molecule has 1 aliphatic rings. The Morgan fingerprint density at radius 1 is 1.40 bits per heavy atom. The fourth-order valence-corrected chi connectivity index (χ4v) is 2.27. The molecule has 0 radical (unpaired) electrons. The molecule has 0 amide bonds. The van der Waals surface area contributed by atoms with Crippen LogP contribution in [0, 0.1) is 6.92 Å². The van der Waals surface area contributed by atoms with Crippen molar-refractivity contribution in [1.29, 1.82) is 0 Å². The van der Waals surface area contributed by atoms with Gasteiger partial charge >= 0.3 is 0 Å². The third-order valence-electron chi connectivity index (χ3n) is 2.49. The quantitative estimate of drug-likeness (QED) is 0.688. The Morgan fingerprint density at radius 2 is 2.27 bits per heavy atom. The van der Waals surface area contributed by atoms with Crippen molar-refractivity contribution >= 4 is 11.3 Å². The average molecular weight is 225 g/mol. The van der Waals surface area contributed by atoms with E-state index in [4.69, 9.17) is 0 Å². The van der Waals surface area contributed by atoms with Gasteiger partial charge in [-0.25, -0.2) is 4.98 Å². The van der Waals surface area contributed by atoms with Crippen LogP contribution in [0.2, 0.25) is 0 Å². The van der Waals surface area contributed by atoms with Gasteiger partial charge in [0.15, 0.2) is 0 Å². The molecule has 3 nitrogen and oxygen atoms in total. The lowest BCUT2D eigenvalue weighted by atomic mass is 10.4. The molecule has 1 saturated carbocycles. The monoisotopic (exact) mass is 225 g/mol. The van der Waals surface area contributed by atoms with Crippen molar-refractivity contribution in [2.24, 2.45) is 0 Å². The first-order chi connectivity index (χ1) is 7.34. The van der Waals surface area contributed by atoms with Gasteiger partial charge in [0.05, 0.1) is 5.01 Å². The number of nitrogens with one attached hydrogen (secondary N) is 2. The highest BCUT2D eigenvalue weighted by atomic mass is 32.1. The Kier molecular flexibility index (Phi) is 4.11. The predicted octanol–water partition coefficient (Wildman–Crippen LogP) is 1.34. The number of nitrogens with zero attached hydrogens (tertiary/aromatic N) is 1. The second kappa shape index (κ2) is 5.58. The zero-order valence-corrected chi connectivity index (χ0v) is 10.1. The maximum absolute atomic E-state index is 4.43. The van der Waals surface area contributed by atoms with Gasteiger partial charge in [0, 0.05) is 43.2 Å². The van der Waals surface area contributed by atoms with Crippen LogP contribution in [0.25, 0.3) is 0 Å². The van der Waals surface area contributed by atoms with Crippen molar-refractivity contribution < 1.29 is 0 Å². The summed E-state index contributed by atoms with van der Waals surface area (Å²) in [5, 5.41) is 10.3. The van der Waals surface area contributed by atoms with Crippen molar-refractivity contribution in [1.82, 2.24) is 15.6 Å². The van der Waals surface area contributed by atoms with E-state index in [1.807, 2.05) is 6.92 Å². The molecular formula is C11H19N3S. The highest BCUT2D eigenvalue weighted by molar-refractivity contribution is 7.09. The van der Waals surface area contributed by atoms with Crippen LogP contribution in [0.15, 0.2) is 5.38 Å². The molecule has 15 heavy (non-hydrogen) atoms. The summed E-state index contributed by atoms with van der Waals surface area (Å²) in [5.41, 5.74) is 1.14. The van der Waals surface area contributed by atoms with E-state index >= 15 is 0 Å². The number of aromatic nitrogens is 1. The van der Waals surface area contributed by atoms with E-state index in [-0.39, 0.29) is 0 Å². The second-order valence-corrected chi connectivity index (χ2v) is 5.05. The lowest BCUT2D eigenvalue weighted by Gasteiger charge is -2.04. The van der Waals surface area contributed by atoms with Crippen molar-refractivity contribution in [3.8, 4) is 0 Å². The maximum Gasteiger partial charge on any atom is 0.0940 e. The first-order valence-corrected chi connectivity index (χ1v) is 6.57. The first-order valence-electron chi connectivity index (χ1n) is 5.70. The summed E-state index contributed by atoms with van der Waals surface area (Å²) in [6.07, 6.45) is 3.80. The maximum atomic E-state index is 4.43. The SMILES string of the molecule is Cc1csc(CCNCCNC2CC2)n1. The van der Waals surface area contributed by atoms with E-state index in [0.717, 1.165) is 37.8 Å². The van der Waals surface area contributed by atoms with Gasteiger partial charge in [0.2, 0.25) is 0 Å². The zero-order chi connectivity index (χ0) is 10.5. The van der Waals surface area contributed by atoms with Crippen molar-refractivity contribution in [2.45, 2.75) is 32.2 Å². The summed E-state index contributed by atoms with van der Waals surface area (Å²) in [6.45, 7) is 5.26. The lowest BCUT2D eigenvalue weighted by Crippen LogP contribution is -2.29. The molecule has 1 aromatic heterocycles. The number of thiazole rings is 1. The first kappa shape index (κ1) is 11.0. The van der Waals surface area contributed by atoms with E-state index in [1.54, 1.807) is 11.3 Å². The highest BCUT2D eigenvalue weighted by Gasteiger charge is 2.19. The molecule has 0 aliphatic heterocycles. The predicted molar refractivity (Wildman–Crippen MR) is 64.4 cm³/mol. The molecule has 0 bridgehead atoms. The molecule has 0 atom stereocenters. The second-order valence-electron chi connectivity index (χ2n) is 4.11. The molecule has 1 fully saturated rings. The Morgan fingerprint density at radius 3 is 2.93 bits per heavy atom. The summed E-state index contributed by atoms with van der Waals surface area (Å²) < 4.78 is 0. The summed E-state index contributed by atoms with van der Waals surface area (Å²) >= 11 is 1.76. The van der Waals surface area contributed by atoms with E-state index < -0.39 is 0 Å². The normalized spacial score (nSPS) is 15.8. The van der Waals surface area contributed by atoms with E-state index in [2.05, 4.69) is 21.0 Å². The van der Waals surface area contributed by atoms with Crippen LogP contribution in [0.4, 0.5) is 0 Å². The van der Waals surface area contributed by atoms with Crippen LogP contribution >= 0.6 is 11.3 Å². The van der Waals surface area contributed by atoms with Crippen molar-refractivity contribution in [2.75, 3.05) is 19.6 Å². The molecule has 1 aliphatic carbocycles. The van der Waals surface area contributed by atoms with Crippen LogP contribution in [0.3, 0.4) is 0 Å². The topological polar surface area (TPSA) is 37.0 Å². The molecule has 84 valence electrons.